The van der Waals surface area contributed by atoms with Crippen LogP contribution in [0.5, 0.6) is 5.75 Å². The lowest BCUT2D eigenvalue weighted by atomic mass is 9.82. The minimum Gasteiger partial charge on any atom is -0.489 e. The van der Waals surface area contributed by atoms with Gasteiger partial charge in [0.25, 0.3) is 0 Å². The van der Waals surface area contributed by atoms with Gasteiger partial charge >= 0.3 is 0 Å². The number of ether oxygens (including phenoxy) is 1. The molecule has 0 aromatic heterocycles. The van der Waals surface area contributed by atoms with E-state index in [1.807, 2.05) is 30.3 Å². The van der Waals surface area contributed by atoms with Crippen molar-refractivity contribution in [3.63, 3.8) is 0 Å². The molecule has 0 fully saturated rings. The van der Waals surface area contributed by atoms with E-state index in [-0.39, 0.29) is 11.0 Å². The second kappa shape index (κ2) is 9.05. The second-order valence-electron chi connectivity index (χ2n) is 8.75. The van der Waals surface area contributed by atoms with Gasteiger partial charge in [-0.05, 0) is 56.0 Å². The molecule has 0 aliphatic carbocycles. The lowest BCUT2D eigenvalue weighted by molar-refractivity contribution is 0.238. The van der Waals surface area contributed by atoms with Gasteiger partial charge < -0.3 is 10.1 Å². The monoisotopic (exact) mass is 427 g/mol. The average molecular weight is 429 g/mol. The Balaban J connectivity index is 2.10. The average Bonchev–Trinajstić information content (AvgIpc) is 2.51. The van der Waals surface area contributed by atoms with Crippen LogP contribution in [-0.2, 0) is 13.2 Å². The summed E-state index contributed by atoms with van der Waals surface area (Å²) in [5, 5.41) is 5.54. The van der Waals surface area contributed by atoms with Gasteiger partial charge in [0.2, 0.25) is 0 Å². The molecule has 148 valence electrons. The molecule has 27 heavy (non-hydrogen) atoms. The van der Waals surface area contributed by atoms with Crippen molar-refractivity contribution in [1.82, 2.24) is 5.32 Å². The molecule has 0 aliphatic heterocycles. The number of halogens is 3. The summed E-state index contributed by atoms with van der Waals surface area (Å²) in [6, 6.07) is 11.1. The molecule has 0 aliphatic rings. The van der Waals surface area contributed by atoms with E-state index in [1.165, 1.54) is 0 Å². The predicted molar refractivity (Wildman–Crippen MR) is 117 cm³/mol. The first-order valence-electron chi connectivity index (χ1n) is 9.05. The number of nitrogens with one attached hydrogen (secondary N) is 1. The molecule has 2 aromatic rings. The van der Waals surface area contributed by atoms with Gasteiger partial charge in [-0.3, -0.25) is 0 Å². The van der Waals surface area contributed by atoms with Crippen molar-refractivity contribution in [1.29, 1.82) is 0 Å². The summed E-state index contributed by atoms with van der Waals surface area (Å²) in [6.07, 6.45) is 1.05. The SMILES string of the molecule is CC(C)(C)CC(C)(C)NCc1cc(Cl)ccc1OCc1ccc(Cl)cc1Cl. The molecule has 1 N–H and O–H groups in total. The zero-order chi connectivity index (χ0) is 20.2. The highest BCUT2D eigenvalue weighted by Crippen LogP contribution is 2.29. The molecule has 0 heterocycles. The highest BCUT2D eigenvalue weighted by Gasteiger charge is 2.25. The molecule has 0 amide bonds. The fourth-order valence-corrected chi connectivity index (χ4v) is 4.00. The first-order valence-corrected chi connectivity index (χ1v) is 10.2. The van der Waals surface area contributed by atoms with Gasteiger partial charge in [-0.25, -0.2) is 0 Å². The number of hydrogen-bond acceptors (Lipinski definition) is 2. The molecule has 2 aromatic carbocycles. The van der Waals surface area contributed by atoms with E-state index < -0.39 is 0 Å². The summed E-state index contributed by atoms with van der Waals surface area (Å²) >= 11 is 18.4. The minimum atomic E-state index is -0.00265. The maximum absolute atomic E-state index is 6.25. The van der Waals surface area contributed by atoms with Crippen LogP contribution in [0.15, 0.2) is 36.4 Å². The van der Waals surface area contributed by atoms with Crippen molar-refractivity contribution < 1.29 is 4.74 Å². The Morgan fingerprint density at radius 2 is 1.48 bits per heavy atom. The molecule has 0 saturated heterocycles. The highest BCUT2D eigenvalue weighted by atomic mass is 35.5. The fourth-order valence-electron chi connectivity index (χ4n) is 3.34. The maximum atomic E-state index is 6.25. The largest absolute Gasteiger partial charge is 0.489 e. The smallest absolute Gasteiger partial charge is 0.124 e. The maximum Gasteiger partial charge on any atom is 0.124 e. The summed E-state index contributed by atoms with van der Waals surface area (Å²) in [5.74, 6) is 0.796. The lowest BCUT2D eigenvalue weighted by Gasteiger charge is -2.33. The molecule has 0 atom stereocenters. The molecule has 5 heteroatoms. The van der Waals surface area contributed by atoms with Crippen molar-refractivity contribution in [2.75, 3.05) is 0 Å². The van der Waals surface area contributed by atoms with Crippen LogP contribution in [0.3, 0.4) is 0 Å². The summed E-state index contributed by atoms with van der Waals surface area (Å²) in [4.78, 5) is 0. The van der Waals surface area contributed by atoms with Gasteiger partial charge in [0.15, 0.2) is 0 Å². The van der Waals surface area contributed by atoms with E-state index in [0.29, 0.717) is 28.2 Å². The Morgan fingerprint density at radius 1 is 0.852 bits per heavy atom. The van der Waals surface area contributed by atoms with Crippen LogP contribution in [0.2, 0.25) is 15.1 Å². The number of rotatable bonds is 7. The summed E-state index contributed by atoms with van der Waals surface area (Å²) in [5.41, 5.74) is 2.16. The fraction of sp³-hybridized carbons (Fsp3) is 0.455. The molecular weight excluding hydrogens is 401 g/mol. The Bertz CT molecular complexity index is 782. The van der Waals surface area contributed by atoms with Crippen LogP contribution < -0.4 is 10.1 Å². The Labute approximate surface area is 178 Å². The summed E-state index contributed by atoms with van der Waals surface area (Å²) < 4.78 is 6.04. The molecule has 0 unspecified atom stereocenters. The second-order valence-corrected chi connectivity index (χ2v) is 10.0. The first kappa shape index (κ1) is 22.4. The van der Waals surface area contributed by atoms with Gasteiger partial charge in [-0.1, -0.05) is 61.6 Å². The topological polar surface area (TPSA) is 21.3 Å². The van der Waals surface area contributed by atoms with Crippen LogP contribution in [0.4, 0.5) is 0 Å². The van der Waals surface area contributed by atoms with E-state index in [9.17, 15) is 0 Å². The van der Waals surface area contributed by atoms with Crippen LogP contribution in [0.25, 0.3) is 0 Å². The number of benzene rings is 2. The highest BCUT2D eigenvalue weighted by molar-refractivity contribution is 6.35. The number of hydrogen-bond donors (Lipinski definition) is 1. The molecule has 0 bridgehead atoms. The Hall–Kier alpha value is -0.930. The van der Waals surface area contributed by atoms with Crippen molar-refractivity contribution in [2.24, 2.45) is 5.41 Å². The normalized spacial score (nSPS) is 12.3. The third-order valence-electron chi connectivity index (χ3n) is 4.15. The lowest BCUT2D eigenvalue weighted by Crippen LogP contribution is -2.41. The van der Waals surface area contributed by atoms with Crippen molar-refractivity contribution in [3.8, 4) is 5.75 Å². The molecule has 2 nitrogen and oxygen atoms in total. The van der Waals surface area contributed by atoms with Gasteiger partial charge in [0.05, 0.1) is 0 Å². The van der Waals surface area contributed by atoms with E-state index in [4.69, 9.17) is 39.5 Å². The van der Waals surface area contributed by atoms with E-state index in [2.05, 4.69) is 39.9 Å². The van der Waals surface area contributed by atoms with Crippen LogP contribution in [0, 0.1) is 5.41 Å². The van der Waals surface area contributed by atoms with Crippen LogP contribution >= 0.6 is 34.8 Å². The quantitative estimate of drug-likeness (QED) is 0.492. The van der Waals surface area contributed by atoms with E-state index in [1.54, 1.807) is 6.07 Å². The van der Waals surface area contributed by atoms with Crippen molar-refractivity contribution >= 4 is 34.8 Å². The standard InChI is InChI=1S/C22H28Cl3NO/c1-21(2,3)14-22(4,5)26-12-16-10-17(23)8-9-20(16)27-13-15-6-7-18(24)11-19(15)25/h6-11,26H,12-14H2,1-5H3. The first-order chi connectivity index (χ1) is 12.5. The van der Waals surface area contributed by atoms with Gasteiger partial charge in [0.1, 0.15) is 12.4 Å². The van der Waals surface area contributed by atoms with Gasteiger partial charge in [-0.15, -0.1) is 0 Å². The van der Waals surface area contributed by atoms with Gasteiger partial charge in [-0.2, -0.15) is 0 Å². The Kier molecular flexibility index (Phi) is 7.49. The molecule has 2 rings (SSSR count). The van der Waals surface area contributed by atoms with Crippen LogP contribution in [-0.4, -0.2) is 5.54 Å². The molecule has 0 saturated carbocycles. The predicted octanol–water partition coefficient (Wildman–Crippen LogP) is 7.53. The van der Waals surface area contributed by atoms with Crippen LogP contribution in [0.1, 0.15) is 52.2 Å². The summed E-state index contributed by atoms with van der Waals surface area (Å²) in [7, 11) is 0. The molecule has 0 spiro atoms. The third kappa shape index (κ3) is 7.54. The van der Waals surface area contributed by atoms with E-state index >= 15 is 0 Å². The minimum absolute atomic E-state index is 0.00265. The third-order valence-corrected chi connectivity index (χ3v) is 4.97. The molecular formula is C22H28Cl3NO. The zero-order valence-electron chi connectivity index (χ0n) is 16.6. The zero-order valence-corrected chi connectivity index (χ0v) is 18.9. The summed E-state index contributed by atoms with van der Waals surface area (Å²) in [6.45, 7) is 12.2. The Morgan fingerprint density at radius 3 is 2.11 bits per heavy atom. The molecule has 0 radical (unpaired) electrons. The van der Waals surface area contributed by atoms with Crippen molar-refractivity contribution in [3.05, 3.63) is 62.6 Å². The van der Waals surface area contributed by atoms with E-state index in [0.717, 1.165) is 23.3 Å². The van der Waals surface area contributed by atoms with Crippen molar-refractivity contribution in [2.45, 2.75) is 59.7 Å². The van der Waals surface area contributed by atoms with Gasteiger partial charge in [0, 0.05) is 38.3 Å².